The largest absolute Gasteiger partial charge is 0.341 e. The quantitative estimate of drug-likeness (QED) is 0.495. The highest BCUT2D eigenvalue weighted by molar-refractivity contribution is 5.58. The maximum Gasteiger partial charge on any atom is 0.272 e. The molecule has 0 unspecified atom stereocenters. The van der Waals surface area contributed by atoms with E-state index in [0.717, 1.165) is 61.9 Å². The molecule has 0 aliphatic carbocycles. The van der Waals surface area contributed by atoms with Crippen LogP contribution in [-0.2, 0) is 12.8 Å². The fourth-order valence-electron chi connectivity index (χ4n) is 4.21. The molecule has 0 bridgehead atoms. The Bertz CT molecular complexity index is 1180. The van der Waals surface area contributed by atoms with E-state index < -0.39 is 0 Å². The van der Waals surface area contributed by atoms with Crippen molar-refractivity contribution in [2.24, 2.45) is 5.92 Å². The second kappa shape index (κ2) is 8.37. The molecular weight excluding hydrogens is 388 g/mol. The molecule has 0 amide bonds. The van der Waals surface area contributed by atoms with Gasteiger partial charge in [0.1, 0.15) is 5.69 Å². The summed E-state index contributed by atoms with van der Waals surface area (Å²) in [6.45, 7) is 5.93. The molecule has 158 valence electrons. The number of aryl methyl sites for hydroxylation is 2. The zero-order valence-electron chi connectivity index (χ0n) is 17.9. The third kappa shape index (κ3) is 3.97. The molecule has 0 spiro atoms. The molecule has 0 atom stereocenters. The van der Waals surface area contributed by atoms with E-state index in [0.29, 0.717) is 17.4 Å². The highest BCUT2D eigenvalue weighted by Gasteiger charge is 2.22. The first-order valence-corrected chi connectivity index (χ1v) is 10.9. The Kier molecular flexibility index (Phi) is 5.28. The van der Waals surface area contributed by atoms with Gasteiger partial charge in [0.2, 0.25) is 5.95 Å². The van der Waals surface area contributed by atoms with Gasteiger partial charge in [-0.1, -0.05) is 37.3 Å². The molecule has 31 heavy (non-hydrogen) atoms. The van der Waals surface area contributed by atoms with Gasteiger partial charge in [-0.3, -0.25) is 0 Å². The van der Waals surface area contributed by atoms with Crippen molar-refractivity contribution in [3.63, 3.8) is 0 Å². The van der Waals surface area contributed by atoms with E-state index in [-0.39, 0.29) is 0 Å². The Balaban J connectivity index is 1.33. The van der Waals surface area contributed by atoms with Crippen LogP contribution in [0.5, 0.6) is 0 Å². The van der Waals surface area contributed by atoms with Crippen LogP contribution in [0.4, 0.5) is 5.95 Å². The van der Waals surface area contributed by atoms with E-state index in [4.69, 9.17) is 4.98 Å². The van der Waals surface area contributed by atoms with Crippen LogP contribution in [0.2, 0.25) is 0 Å². The highest BCUT2D eigenvalue weighted by atomic mass is 15.4. The van der Waals surface area contributed by atoms with Gasteiger partial charge in [0.25, 0.3) is 5.78 Å². The predicted octanol–water partition coefficient (Wildman–Crippen LogP) is 3.31. The molecule has 4 aromatic rings. The lowest BCUT2D eigenvalue weighted by atomic mass is 9.90. The summed E-state index contributed by atoms with van der Waals surface area (Å²) in [5.74, 6) is 2.74. The van der Waals surface area contributed by atoms with Crippen molar-refractivity contribution >= 4 is 11.7 Å². The smallest absolute Gasteiger partial charge is 0.272 e. The van der Waals surface area contributed by atoms with Crippen LogP contribution in [0.25, 0.3) is 17.2 Å². The standard InChI is InChI=1S/C23H26N8/c1-3-20-26-23-28-27-21(16(2)31(23)29-20)19-9-12-24-22(25-19)30-13-10-18(11-14-30)15-17-7-5-4-6-8-17/h4-9,12,18H,3,10-11,13-15H2,1-2H3. The Labute approximate surface area is 181 Å². The van der Waals surface area contributed by atoms with Crippen LogP contribution in [0.15, 0.2) is 42.6 Å². The van der Waals surface area contributed by atoms with Crippen molar-refractivity contribution in [3.8, 4) is 11.4 Å². The van der Waals surface area contributed by atoms with Gasteiger partial charge in [0.15, 0.2) is 5.82 Å². The van der Waals surface area contributed by atoms with Crippen LogP contribution in [-0.4, -0.2) is 47.9 Å². The Hall–Kier alpha value is -3.42. The van der Waals surface area contributed by atoms with Gasteiger partial charge >= 0.3 is 0 Å². The first-order valence-electron chi connectivity index (χ1n) is 10.9. The summed E-state index contributed by atoms with van der Waals surface area (Å²) in [5, 5.41) is 13.2. The molecule has 1 aromatic carbocycles. The maximum absolute atomic E-state index is 4.82. The summed E-state index contributed by atoms with van der Waals surface area (Å²) >= 11 is 0. The normalized spacial score (nSPS) is 15.0. The summed E-state index contributed by atoms with van der Waals surface area (Å²) in [5.41, 5.74) is 3.77. The molecule has 0 saturated carbocycles. The summed E-state index contributed by atoms with van der Waals surface area (Å²) < 4.78 is 1.75. The first kappa shape index (κ1) is 19.5. The number of aromatic nitrogens is 7. The lowest BCUT2D eigenvalue weighted by molar-refractivity contribution is 0.400. The first-order chi connectivity index (χ1) is 15.2. The molecule has 5 rings (SSSR count). The molecule has 1 fully saturated rings. The molecule has 8 nitrogen and oxygen atoms in total. The average Bonchev–Trinajstić information content (AvgIpc) is 3.25. The predicted molar refractivity (Wildman–Crippen MR) is 119 cm³/mol. The van der Waals surface area contributed by atoms with Crippen LogP contribution in [0, 0.1) is 12.8 Å². The number of piperidine rings is 1. The molecule has 1 saturated heterocycles. The number of hydrogen-bond acceptors (Lipinski definition) is 7. The average molecular weight is 415 g/mol. The van der Waals surface area contributed by atoms with Crippen LogP contribution < -0.4 is 4.90 Å². The summed E-state index contributed by atoms with van der Waals surface area (Å²) in [4.78, 5) is 16.0. The number of fused-ring (bicyclic) bond motifs is 1. The van der Waals surface area contributed by atoms with Gasteiger partial charge < -0.3 is 4.90 Å². The number of benzene rings is 1. The van der Waals surface area contributed by atoms with Crippen molar-refractivity contribution in [2.75, 3.05) is 18.0 Å². The zero-order valence-corrected chi connectivity index (χ0v) is 17.9. The van der Waals surface area contributed by atoms with Gasteiger partial charge in [-0.25, -0.2) is 9.97 Å². The van der Waals surface area contributed by atoms with E-state index in [1.54, 1.807) is 10.7 Å². The molecule has 8 heteroatoms. The summed E-state index contributed by atoms with van der Waals surface area (Å²) in [7, 11) is 0. The van der Waals surface area contributed by atoms with Crippen LogP contribution >= 0.6 is 0 Å². The van der Waals surface area contributed by atoms with Crippen molar-refractivity contribution in [1.29, 1.82) is 0 Å². The molecule has 4 heterocycles. The zero-order chi connectivity index (χ0) is 21.2. The Morgan fingerprint density at radius 1 is 1.00 bits per heavy atom. The minimum absolute atomic E-state index is 0.521. The fourth-order valence-corrected chi connectivity index (χ4v) is 4.21. The van der Waals surface area contributed by atoms with Crippen molar-refractivity contribution in [1.82, 2.24) is 34.8 Å². The van der Waals surface area contributed by atoms with Crippen molar-refractivity contribution < 1.29 is 0 Å². The van der Waals surface area contributed by atoms with E-state index >= 15 is 0 Å². The van der Waals surface area contributed by atoms with E-state index in [1.165, 1.54) is 5.56 Å². The lowest BCUT2D eigenvalue weighted by Gasteiger charge is -2.32. The van der Waals surface area contributed by atoms with Crippen LogP contribution in [0.3, 0.4) is 0 Å². The van der Waals surface area contributed by atoms with Crippen molar-refractivity contribution in [2.45, 2.75) is 39.5 Å². The highest BCUT2D eigenvalue weighted by Crippen LogP contribution is 2.26. The molecule has 0 N–H and O–H groups in total. The third-order valence-electron chi connectivity index (χ3n) is 6.00. The van der Waals surface area contributed by atoms with Gasteiger partial charge in [0, 0.05) is 25.7 Å². The minimum atomic E-state index is 0.521. The Morgan fingerprint density at radius 2 is 1.81 bits per heavy atom. The fraction of sp³-hybridized carbons (Fsp3) is 0.391. The minimum Gasteiger partial charge on any atom is -0.341 e. The molecular formula is C23H26N8. The number of hydrogen-bond donors (Lipinski definition) is 0. The monoisotopic (exact) mass is 414 g/mol. The van der Waals surface area contributed by atoms with Crippen LogP contribution in [0.1, 0.15) is 36.8 Å². The summed E-state index contributed by atoms with van der Waals surface area (Å²) in [6.07, 6.45) is 5.99. The molecule has 1 aliphatic rings. The number of nitrogens with zero attached hydrogens (tertiary/aromatic N) is 8. The van der Waals surface area contributed by atoms with Gasteiger partial charge in [-0.2, -0.15) is 9.50 Å². The van der Waals surface area contributed by atoms with Gasteiger partial charge in [0.05, 0.1) is 11.4 Å². The number of anilines is 1. The van der Waals surface area contributed by atoms with Gasteiger partial charge in [-0.15, -0.1) is 15.3 Å². The number of rotatable bonds is 5. The Morgan fingerprint density at radius 3 is 2.58 bits per heavy atom. The molecule has 1 aliphatic heterocycles. The van der Waals surface area contributed by atoms with Crippen molar-refractivity contribution in [3.05, 3.63) is 59.7 Å². The third-order valence-corrected chi connectivity index (χ3v) is 6.00. The maximum atomic E-state index is 4.82. The lowest BCUT2D eigenvalue weighted by Crippen LogP contribution is -2.35. The van der Waals surface area contributed by atoms with E-state index in [9.17, 15) is 0 Å². The van der Waals surface area contributed by atoms with E-state index in [1.807, 2.05) is 19.9 Å². The SMILES string of the molecule is CCc1nc2nnc(-c3ccnc(N4CCC(Cc5ccccc5)CC4)n3)c(C)n2n1. The topological polar surface area (TPSA) is 85.0 Å². The molecule has 3 aromatic heterocycles. The van der Waals surface area contributed by atoms with E-state index in [2.05, 4.69) is 60.5 Å². The van der Waals surface area contributed by atoms with Gasteiger partial charge in [-0.05, 0) is 43.7 Å². The molecule has 0 radical (unpaired) electrons. The second-order valence-corrected chi connectivity index (χ2v) is 8.09. The summed E-state index contributed by atoms with van der Waals surface area (Å²) in [6, 6.07) is 12.6. The second-order valence-electron chi connectivity index (χ2n) is 8.09.